The fraction of sp³-hybridized carbons (Fsp3) is 0.720. The van der Waals surface area contributed by atoms with Crippen LogP contribution < -0.4 is 0 Å². The van der Waals surface area contributed by atoms with Crippen molar-refractivity contribution in [2.45, 2.75) is 90.9 Å². The zero-order chi connectivity index (χ0) is 24.5. The van der Waals surface area contributed by atoms with E-state index in [-0.39, 0.29) is 18.8 Å². The summed E-state index contributed by atoms with van der Waals surface area (Å²) in [6.45, 7) is 3.28. The van der Waals surface area contributed by atoms with Crippen LogP contribution in [0.25, 0.3) is 0 Å². The third-order valence-electron chi connectivity index (χ3n) is 5.57. The van der Waals surface area contributed by atoms with E-state index in [1.54, 1.807) is 6.92 Å². The van der Waals surface area contributed by atoms with Crippen LogP contribution in [0.3, 0.4) is 0 Å². The van der Waals surface area contributed by atoms with Crippen LogP contribution in [0.15, 0.2) is 6.20 Å². The minimum atomic E-state index is -0.935. The highest BCUT2D eigenvalue weighted by Gasteiger charge is 2.21. The van der Waals surface area contributed by atoms with Crippen LogP contribution in [0.4, 0.5) is 4.39 Å². The topological polar surface area (TPSA) is 88.7 Å². The summed E-state index contributed by atoms with van der Waals surface area (Å²) in [6, 6.07) is 0. The molecule has 7 nitrogen and oxygen atoms in total. The Kier molecular flexibility index (Phi) is 14.9. The van der Waals surface area contributed by atoms with Gasteiger partial charge in [-0.15, -0.1) is 0 Å². The molecule has 1 amide bonds. The summed E-state index contributed by atoms with van der Waals surface area (Å²) in [6.07, 6.45) is 15.4. The molecule has 0 saturated carbocycles. The largest absolute Gasteiger partial charge is 0.465 e. The molecular weight excluding hydrogens is 427 g/mol. The second-order valence-electron chi connectivity index (χ2n) is 8.42. The number of H-pyrrole nitrogens is 1. The minimum Gasteiger partial charge on any atom is -0.465 e. The number of hydrogen-bond acceptors (Lipinski definition) is 5. The van der Waals surface area contributed by atoms with E-state index in [1.807, 2.05) is 0 Å². The van der Waals surface area contributed by atoms with E-state index >= 15 is 0 Å². The number of nitrogens with zero attached hydrogens (tertiary/aromatic N) is 1. The summed E-state index contributed by atoms with van der Waals surface area (Å²) in [5.41, 5.74) is 0.164. The molecule has 0 aromatic carbocycles. The molecule has 0 aliphatic heterocycles. The predicted molar refractivity (Wildman–Crippen MR) is 125 cm³/mol. The van der Waals surface area contributed by atoms with E-state index in [2.05, 4.69) is 11.9 Å². The Hall–Kier alpha value is -2.38. The maximum absolute atomic E-state index is 14.5. The Morgan fingerprint density at radius 2 is 1.48 bits per heavy atom. The van der Waals surface area contributed by atoms with Gasteiger partial charge >= 0.3 is 11.9 Å². The number of nitrogens with one attached hydrogen (secondary N) is 1. The van der Waals surface area contributed by atoms with Crippen molar-refractivity contribution in [3.05, 3.63) is 23.3 Å². The van der Waals surface area contributed by atoms with Crippen LogP contribution in [-0.2, 0) is 25.5 Å². The van der Waals surface area contributed by atoms with Crippen molar-refractivity contribution in [1.29, 1.82) is 0 Å². The lowest BCUT2D eigenvalue weighted by atomic mass is 10.0. The van der Waals surface area contributed by atoms with Crippen LogP contribution in [0, 0.1) is 5.82 Å². The number of ether oxygens (including phenoxy) is 2. The van der Waals surface area contributed by atoms with Gasteiger partial charge in [0, 0.05) is 18.8 Å². The zero-order valence-electron chi connectivity index (χ0n) is 20.6. The highest BCUT2D eigenvalue weighted by Crippen LogP contribution is 2.17. The lowest BCUT2D eigenvalue weighted by molar-refractivity contribution is -0.148. The van der Waals surface area contributed by atoms with E-state index in [4.69, 9.17) is 9.47 Å². The number of rotatable bonds is 18. The van der Waals surface area contributed by atoms with Gasteiger partial charge in [0.05, 0.1) is 6.61 Å². The van der Waals surface area contributed by atoms with E-state index < -0.39 is 30.3 Å². The van der Waals surface area contributed by atoms with Gasteiger partial charge in [0.25, 0.3) is 5.91 Å². The Labute approximate surface area is 197 Å². The first kappa shape index (κ1) is 28.7. The molecule has 188 valence electrons. The third kappa shape index (κ3) is 11.9. The fourth-order valence-corrected chi connectivity index (χ4v) is 3.55. The molecule has 0 fully saturated rings. The van der Waals surface area contributed by atoms with Crippen LogP contribution in [0.5, 0.6) is 0 Å². The number of carbonyl (C=O) groups is 3. The lowest BCUT2D eigenvalue weighted by Crippen LogP contribution is -2.36. The predicted octanol–water partition coefficient (Wildman–Crippen LogP) is 5.19. The standard InChI is InChI=1S/C25H41FN2O5/c1-4-6-7-8-9-10-11-12-13-14-15-16-20-17-27-24(23(20)26)25(31)33-19-21(29)28(3)18-22(30)32-5-2/h17,27H,4-16,18-19H2,1-3H3. The Balaban J connectivity index is 2.25. The molecule has 1 rings (SSSR count). The number of aromatic amines is 1. The Morgan fingerprint density at radius 3 is 2.06 bits per heavy atom. The summed E-state index contributed by atoms with van der Waals surface area (Å²) in [4.78, 5) is 39.2. The van der Waals surface area contributed by atoms with Crippen LogP contribution in [0.2, 0.25) is 0 Å². The number of hydrogen-bond donors (Lipinski definition) is 1. The molecule has 1 heterocycles. The van der Waals surface area contributed by atoms with Gasteiger partial charge in [0.1, 0.15) is 6.54 Å². The molecule has 0 atom stereocenters. The number of aryl methyl sites for hydroxylation is 1. The minimum absolute atomic E-state index is 0.212. The first-order chi connectivity index (χ1) is 15.9. The van der Waals surface area contributed by atoms with Crippen molar-refractivity contribution < 1.29 is 28.2 Å². The molecule has 1 N–H and O–H groups in total. The summed E-state index contributed by atoms with van der Waals surface area (Å²) >= 11 is 0. The summed E-state index contributed by atoms with van der Waals surface area (Å²) in [5, 5.41) is 0. The number of amides is 1. The van der Waals surface area contributed by atoms with E-state index in [9.17, 15) is 18.8 Å². The summed E-state index contributed by atoms with van der Waals surface area (Å²) < 4.78 is 24.2. The molecule has 1 aromatic heterocycles. The third-order valence-corrected chi connectivity index (χ3v) is 5.57. The molecule has 33 heavy (non-hydrogen) atoms. The monoisotopic (exact) mass is 468 g/mol. The Bertz CT molecular complexity index is 720. The van der Waals surface area contributed by atoms with Gasteiger partial charge in [-0.3, -0.25) is 9.59 Å². The van der Waals surface area contributed by atoms with Gasteiger partial charge in [-0.25, -0.2) is 9.18 Å². The molecule has 1 aromatic rings. The van der Waals surface area contributed by atoms with Crippen LogP contribution in [0.1, 0.15) is 101 Å². The van der Waals surface area contributed by atoms with E-state index in [0.29, 0.717) is 12.0 Å². The number of carbonyl (C=O) groups excluding carboxylic acids is 3. The fourth-order valence-electron chi connectivity index (χ4n) is 3.55. The maximum Gasteiger partial charge on any atom is 0.358 e. The van der Waals surface area contributed by atoms with Gasteiger partial charge in [-0.05, 0) is 19.8 Å². The molecule has 0 radical (unpaired) electrons. The number of unbranched alkanes of at least 4 members (excludes halogenated alkanes) is 10. The normalized spacial score (nSPS) is 10.8. The van der Waals surface area contributed by atoms with Crippen molar-refractivity contribution in [2.75, 3.05) is 26.8 Å². The van der Waals surface area contributed by atoms with E-state index in [1.165, 1.54) is 64.6 Å². The zero-order valence-corrected chi connectivity index (χ0v) is 20.6. The number of halogens is 1. The number of esters is 2. The van der Waals surface area contributed by atoms with Crippen molar-refractivity contribution in [2.24, 2.45) is 0 Å². The smallest absolute Gasteiger partial charge is 0.358 e. The summed E-state index contributed by atoms with van der Waals surface area (Å²) in [5.74, 6) is -2.69. The Morgan fingerprint density at radius 1 is 0.909 bits per heavy atom. The average Bonchev–Trinajstić information content (AvgIpc) is 3.15. The summed E-state index contributed by atoms with van der Waals surface area (Å²) in [7, 11) is 1.40. The van der Waals surface area contributed by atoms with Gasteiger partial charge in [0.15, 0.2) is 18.1 Å². The van der Waals surface area contributed by atoms with E-state index in [0.717, 1.165) is 24.2 Å². The maximum atomic E-state index is 14.5. The van der Waals surface area contributed by atoms with Crippen molar-refractivity contribution in [3.8, 4) is 0 Å². The quantitative estimate of drug-likeness (QED) is 0.237. The average molecular weight is 469 g/mol. The highest BCUT2D eigenvalue weighted by molar-refractivity contribution is 5.90. The molecule has 0 aliphatic rings. The van der Waals surface area contributed by atoms with Gasteiger partial charge in [0.2, 0.25) is 0 Å². The SMILES string of the molecule is CCCCCCCCCCCCCc1c[nH]c(C(=O)OCC(=O)N(C)CC(=O)OCC)c1F. The molecule has 0 bridgehead atoms. The number of aromatic nitrogens is 1. The highest BCUT2D eigenvalue weighted by atomic mass is 19.1. The van der Waals surface area contributed by atoms with Gasteiger partial charge < -0.3 is 19.4 Å². The second-order valence-corrected chi connectivity index (χ2v) is 8.42. The van der Waals surface area contributed by atoms with Crippen molar-refractivity contribution in [3.63, 3.8) is 0 Å². The molecular formula is C25H41FN2O5. The first-order valence-corrected chi connectivity index (χ1v) is 12.3. The number of likely N-dealkylation sites (N-methyl/N-ethyl adjacent to an activating group) is 1. The first-order valence-electron chi connectivity index (χ1n) is 12.3. The molecule has 0 saturated heterocycles. The lowest BCUT2D eigenvalue weighted by Gasteiger charge is -2.15. The molecule has 0 spiro atoms. The second kappa shape index (κ2) is 17.1. The van der Waals surface area contributed by atoms with Crippen LogP contribution >= 0.6 is 0 Å². The van der Waals surface area contributed by atoms with Gasteiger partial charge in [-0.2, -0.15) is 0 Å². The van der Waals surface area contributed by atoms with Crippen LogP contribution in [-0.4, -0.2) is 54.5 Å². The molecule has 0 unspecified atom stereocenters. The molecule has 0 aliphatic carbocycles. The van der Waals surface area contributed by atoms with Gasteiger partial charge in [-0.1, -0.05) is 71.1 Å². The van der Waals surface area contributed by atoms with Crippen molar-refractivity contribution in [1.82, 2.24) is 9.88 Å². The van der Waals surface area contributed by atoms with Crippen molar-refractivity contribution >= 4 is 17.8 Å². The molecule has 8 heteroatoms.